The van der Waals surface area contributed by atoms with Gasteiger partial charge in [0, 0.05) is 23.5 Å². The summed E-state index contributed by atoms with van der Waals surface area (Å²) in [5, 5.41) is 7.73. The van der Waals surface area contributed by atoms with Crippen molar-refractivity contribution < 1.29 is 27.1 Å². The number of hydrogen-bond acceptors (Lipinski definition) is 6. The highest BCUT2D eigenvalue weighted by Gasteiger charge is 2.32. The van der Waals surface area contributed by atoms with Gasteiger partial charge >= 0.3 is 12.2 Å². The van der Waals surface area contributed by atoms with Crippen LogP contribution in [0.2, 0.25) is 0 Å². The molecule has 2 aliphatic rings. The largest absolute Gasteiger partial charge is 0.455 e. The number of ether oxygens (including phenoxy) is 1. The molecule has 194 valence electrons. The van der Waals surface area contributed by atoms with Gasteiger partial charge in [0.1, 0.15) is 22.8 Å². The Kier molecular flexibility index (Phi) is 6.18. The van der Waals surface area contributed by atoms with Crippen LogP contribution < -0.4 is 26.2 Å². The lowest BCUT2D eigenvalue weighted by atomic mass is 9.94. The Hall–Kier alpha value is -4.94. The normalized spacial score (nSPS) is 16.6. The van der Waals surface area contributed by atoms with E-state index >= 15 is 0 Å². The summed E-state index contributed by atoms with van der Waals surface area (Å²) in [7, 11) is 0. The summed E-state index contributed by atoms with van der Waals surface area (Å²) in [6, 6.07) is 1.79. The number of fused-ring (bicyclic) bond motifs is 2. The van der Waals surface area contributed by atoms with Crippen molar-refractivity contribution in [2.24, 2.45) is 0 Å². The van der Waals surface area contributed by atoms with Crippen molar-refractivity contribution in [1.82, 2.24) is 25.6 Å². The molecule has 0 radical (unpaired) electrons. The van der Waals surface area contributed by atoms with Gasteiger partial charge in [-0.3, -0.25) is 4.79 Å². The van der Waals surface area contributed by atoms with E-state index in [2.05, 4.69) is 30.9 Å². The van der Waals surface area contributed by atoms with Crippen LogP contribution in [0.1, 0.15) is 11.3 Å². The van der Waals surface area contributed by atoms with Crippen molar-refractivity contribution in [1.29, 1.82) is 0 Å². The molecule has 0 saturated heterocycles. The quantitative estimate of drug-likeness (QED) is 0.379. The lowest BCUT2D eigenvalue weighted by Gasteiger charge is -2.30. The Morgan fingerprint density at radius 1 is 1.13 bits per heavy atom. The molecule has 0 fully saturated rings. The second-order valence-corrected chi connectivity index (χ2v) is 8.26. The van der Waals surface area contributed by atoms with Crippen molar-refractivity contribution in [3.8, 4) is 5.75 Å². The van der Waals surface area contributed by atoms with Crippen molar-refractivity contribution in [3.63, 3.8) is 0 Å². The molecule has 13 heteroatoms. The molecule has 2 amide bonds. The fourth-order valence-electron chi connectivity index (χ4n) is 3.87. The zero-order valence-electron chi connectivity index (χ0n) is 19.5. The molecule has 38 heavy (non-hydrogen) atoms. The molecule has 1 aliphatic carbocycles. The van der Waals surface area contributed by atoms with E-state index in [4.69, 9.17) is 4.74 Å². The highest BCUT2D eigenvalue weighted by Crippen LogP contribution is 2.33. The lowest BCUT2D eigenvalue weighted by Crippen LogP contribution is -2.42. The number of anilines is 1. The van der Waals surface area contributed by atoms with Crippen LogP contribution in [0.25, 0.3) is 11.2 Å². The second kappa shape index (κ2) is 9.50. The molecule has 0 spiro atoms. The Labute approximate surface area is 211 Å². The summed E-state index contributed by atoms with van der Waals surface area (Å²) in [6.45, 7) is 1.56. The van der Waals surface area contributed by atoms with Crippen LogP contribution >= 0.6 is 0 Å². The topological polar surface area (TPSA) is 121 Å². The number of allylic oxidation sites excluding steroid dienone is 4. The minimum absolute atomic E-state index is 0.238. The summed E-state index contributed by atoms with van der Waals surface area (Å²) in [6.07, 6.45) is 4.97. The maximum absolute atomic E-state index is 14.1. The molecule has 1 unspecified atom stereocenters. The van der Waals surface area contributed by atoms with Crippen LogP contribution in [-0.2, 0) is 6.18 Å². The number of urea groups is 1. The van der Waals surface area contributed by atoms with Crippen molar-refractivity contribution in [3.05, 3.63) is 105 Å². The van der Waals surface area contributed by atoms with Crippen LogP contribution in [0.5, 0.6) is 5.75 Å². The molecular formula is C25H18F4N6O3. The van der Waals surface area contributed by atoms with Gasteiger partial charge in [0.25, 0.3) is 5.56 Å². The Morgan fingerprint density at radius 2 is 1.95 bits per heavy atom. The summed E-state index contributed by atoms with van der Waals surface area (Å²) in [4.78, 5) is 35.5. The number of halogens is 4. The SMILES string of the molecule is Cc1nc2c(OC3=CC=C(NC(=O)Nc4cc(C(F)(F)F)ccc4F)C4NC=CC=C34)ccnc2[nH]c1=O. The van der Waals surface area contributed by atoms with Gasteiger partial charge in [-0.15, -0.1) is 0 Å². The number of pyridine rings is 1. The number of hydrogen-bond donors (Lipinski definition) is 4. The zero-order chi connectivity index (χ0) is 27.0. The van der Waals surface area contributed by atoms with Gasteiger partial charge in [-0.1, -0.05) is 6.08 Å². The molecule has 0 bridgehead atoms. The number of aryl methyl sites for hydroxylation is 1. The number of alkyl halides is 3. The minimum atomic E-state index is -4.70. The summed E-state index contributed by atoms with van der Waals surface area (Å²) in [5.74, 6) is -0.285. The maximum atomic E-state index is 14.1. The predicted octanol–water partition coefficient (Wildman–Crippen LogP) is 4.18. The number of carbonyl (C=O) groups excluding carboxylic acids is 1. The third kappa shape index (κ3) is 4.85. The standard InChI is InChI=1S/C25H18F4N6O3/c1-12-23(36)35-22-21(32-12)19(8-10-31-22)38-18-7-6-16(20-14(18)3-2-9-30-20)33-24(37)34-17-11-13(25(27,28)29)4-5-15(17)26/h2-11,20,30H,1H3,(H,31,35,36)(H2,33,34,37). The Bertz CT molecular complexity index is 1640. The van der Waals surface area contributed by atoms with Gasteiger partial charge in [0.2, 0.25) is 0 Å². The first-order valence-corrected chi connectivity index (χ1v) is 11.1. The van der Waals surface area contributed by atoms with E-state index < -0.39 is 35.3 Å². The molecule has 4 N–H and O–H groups in total. The predicted molar refractivity (Wildman–Crippen MR) is 129 cm³/mol. The van der Waals surface area contributed by atoms with E-state index in [-0.39, 0.29) is 16.9 Å². The van der Waals surface area contributed by atoms with E-state index in [0.717, 1.165) is 0 Å². The third-order valence-electron chi connectivity index (χ3n) is 5.70. The van der Waals surface area contributed by atoms with Gasteiger partial charge in [-0.2, -0.15) is 13.2 Å². The first-order valence-electron chi connectivity index (χ1n) is 11.1. The van der Waals surface area contributed by atoms with Crippen molar-refractivity contribution in [2.45, 2.75) is 19.1 Å². The molecule has 1 atom stereocenters. The Balaban J connectivity index is 1.40. The van der Waals surface area contributed by atoms with Crippen LogP contribution in [0.4, 0.5) is 28.0 Å². The van der Waals surface area contributed by atoms with Gasteiger partial charge in [-0.25, -0.2) is 19.2 Å². The number of amides is 2. The number of rotatable bonds is 4. The monoisotopic (exact) mass is 526 g/mol. The number of aromatic nitrogens is 3. The van der Waals surface area contributed by atoms with Crippen LogP contribution in [0, 0.1) is 12.7 Å². The van der Waals surface area contributed by atoms with Crippen molar-refractivity contribution >= 4 is 22.9 Å². The highest BCUT2D eigenvalue weighted by atomic mass is 19.4. The number of nitrogens with zero attached hydrogens (tertiary/aromatic N) is 2. The Morgan fingerprint density at radius 3 is 2.74 bits per heavy atom. The summed E-state index contributed by atoms with van der Waals surface area (Å²) >= 11 is 0. The zero-order valence-corrected chi connectivity index (χ0v) is 19.5. The number of dihydropyridines is 1. The third-order valence-corrected chi connectivity index (χ3v) is 5.70. The number of aromatic amines is 1. The van der Waals surface area contributed by atoms with Crippen LogP contribution in [-0.4, -0.2) is 27.0 Å². The number of nitrogens with one attached hydrogen (secondary N) is 4. The van der Waals surface area contributed by atoms with Gasteiger partial charge in [-0.05, 0) is 49.6 Å². The number of carbonyl (C=O) groups is 1. The number of benzene rings is 1. The highest BCUT2D eigenvalue weighted by molar-refractivity contribution is 5.91. The first kappa shape index (κ1) is 24.7. The molecule has 3 aromatic rings. The summed E-state index contributed by atoms with van der Waals surface area (Å²) < 4.78 is 59.1. The second-order valence-electron chi connectivity index (χ2n) is 8.26. The van der Waals surface area contributed by atoms with Crippen molar-refractivity contribution in [2.75, 3.05) is 5.32 Å². The van der Waals surface area contributed by atoms with Gasteiger partial charge < -0.3 is 25.7 Å². The molecule has 0 saturated carbocycles. The molecule has 1 aromatic carbocycles. The van der Waals surface area contributed by atoms with Gasteiger partial charge in [0.05, 0.1) is 17.3 Å². The average molecular weight is 526 g/mol. The molecule has 2 aromatic heterocycles. The summed E-state index contributed by atoms with van der Waals surface area (Å²) in [5.41, 5.74) is -0.316. The van der Waals surface area contributed by atoms with E-state index in [9.17, 15) is 27.2 Å². The fourth-order valence-corrected chi connectivity index (χ4v) is 3.87. The van der Waals surface area contributed by atoms with E-state index in [1.165, 1.54) is 12.3 Å². The minimum Gasteiger partial charge on any atom is -0.455 e. The smallest absolute Gasteiger partial charge is 0.416 e. The molecule has 3 heterocycles. The van der Waals surface area contributed by atoms with E-state index in [0.29, 0.717) is 46.5 Å². The van der Waals surface area contributed by atoms with Gasteiger partial charge in [0.15, 0.2) is 11.4 Å². The van der Waals surface area contributed by atoms with Crippen LogP contribution in [0.15, 0.2) is 82.8 Å². The lowest BCUT2D eigenvalue weighted by molar-refractivity contribution is -0.137. The average Bonchev–Trinajstić information content (AvgIpc) is 2.87. The molecule has 1 aliphatic heterocycles. The first-order chi connectivity index (χ1) is 18.1. The number of H-pyrrole nitrogens is 1. The van der Waals surface area contributed by atoms with Crippen LogP contribution in [0.3, 0.4) is 0 Å². The van der Waals surface area contributed by atoms with E-state index in [1.54, 1.807) is 37.4 Å². The fraction of sp³-hybridized carbons (Fsp3) is 0.120. The molecule has 9 nitrogen and oxygen atoms in total. The van der Waals surface area contributed by atoms with E-state index in [1.807, 2.05) is 0 Å². The molecular weight excluding hydrogens is 508 g/mol. The molecule has 5 rings (SSSR count). The maximum Gasteiger partial charge on any atom is 0.416 e.